The Hall–Kier alpha value is -2.43. The highest BCUT2D eigenvalue weighted by molar-refractivity contribution is 6.11. The highest BCUT2D eigenvalue weighted by Gasteiger charge is 2.11. The molecule has 0 saturated carbocycles. The highest BCUT2D eigenvalue weighted by atomic mass is 16.2. The van der Waals surface area contributed by atoms with Gasteiger partial charge in [0.25, 0.3) is 0 Å². The van der Waals surface area contributed by atoms with Gasteiger partial charge in [0.15, 0.2) is 0 Å². The predicted octanol–water partition coefficient (Wildman–Crippen LogP) is 1.56. The van der Waals surface area contributed by atoms with Crippen LogP contribution < -0.4 is 10.6 Å². The van der Waals surface area contributed by atoms with E-state index in [1.165, 1.54) is 13.8 Å². The van der Waals surface area contributed by atoms with E-state index in [1.807, 2.05) is 18.2 Å². The monoisotopic (exact) mass is 259 g/mol. The molecule has 0 saturated heterocycles. The third-order valence-corrected chi connectivity index (χ3v) is 2.41. The quantitative estimate of drug-likeness (QED) is 0.717. The molecule has 0 unspecified atom stereocenters. The molecule has 1 aromatic rings. The maximum atomic E-state index is 11.1. The van der Waals surface area contributed by atoms with E-state index in [2.05, 4.69) is 10.6 Å². The van der Waals surface area contributed by atoms with Gasteiger partial charge in [-0.3, -0.25) is 15.0 Å². The fourth-order valence-electron chi connectivity index (χ4n) is 1.52. The summed E-state index contributed by atoms with van der Waals surface area (Å²) in [4.78, 5) is 22.3. The Balaban J connectivity index is 3.10. The molecular formula is C14H17N3O2. The molecule has 0 spiro atoms. The van der Waals surface area contributed by atoms with Gasteiger partial charge in [0.1, 0.15) is 5.82 Å². The lowest BCUT2D eigenvalue weighted by atomic mass is 10.0. The Bertz CT molecular complexity index is 515. The molecule has 0 bridgehead atoms. The summed E-state index contributed by atoms with van der Waals surface area (Å²) < 4.78 is 0. The van der Waals surface area contributed by atoms with Gasteiger partial charge in [-0.05, 0) is 12.5 Å². The molecule has 0 aromatic heterocycles. The van der Waals surface area contributed by atoms with Crippen molar-refractivity contribution >= 4 is 17.5 Å². The van der Waals surface area contributed by atoms with Gasteiger partial charge in [0, 0.05) is 19.4 Å². The highest BCUT2D eigenvalue weighted by Crippen LogP contribution is 2.09. The number of nitrogens with one attached hydrogen (secondary N) is 3. The van der Waals surface area contributed by atoms with Crippen molar-refractivity contribution in [3.63, 3.8) is 0 Å². The van der Waals surface area contributed by atoms with Crippen molar-refractivity contribution in [1.29, 1.82) is 5.41 Å². The summed E-state index contributed by atoms with van der Waals surface area (Å²) in [6, 6.07) is 9.11. The molecule has 5 heteroatoms. The molecule has 1 rings (SSSR count). The summed E-state index contributed by atoms with van der Waals surface area (Å²) in [7, 11) is 0. The molecule has 0 aliphatic carbocycles. The molecule has 2 amide bonds. The van der Waals surface area contributed by atoms with Gasteiger partial charge in [0.05, 0.1) is 5.71 Å². The maximum absolute atomic E-state index is 11.1. The number of amides is 2. The lowest BCUT2D eigenvalue weighted by Gasteiger charge is -2.14. The molecule has 100 valence electrons. The third kappa shape index (κ3) is 4.39. The van der Waals surface area contributed by atoms with Crippen LogP contribution in [0.5, 0.6) is 0 Å². The lowest BCUT2D eigenvalue weighted by molar-refractivity contribution is -0.119. The lowest BCUT2D eigenvalue weighted by Crippen LogP contribution is -2.34. The van der Waals surface area contributed by atoms with Gasteiger partial charge in [0.2, 0.25) is 11.8 Å². The zero-order valence-electron chi connectivity index (χ0n) is 11.2. The Morgan fingerprint density at radius 3 is 1.84 bits per heavy atom. The van der Waals surface area contributed by atoms with Gasteiger partial charge in [-0.2, -0.15) is 0 Å². The molecule has 0 radical (unpaired) electrons. The van der Waals surface area contributed by atoms with Crippen molar-refractivity contribution < 1.29 is 9.59 Å². The van der Waals surface area contributed by atoms with Crippen LogP contribution in [0.15, 0.2) is 41.7 Å². The average Bonchev–Trinajstić information content (AvgIpc) is 2.36. The van der Waals surface area contributed by atoms with Crippen molar-refractivity contribution in [1.82, 2.24) is 10.6 Å². The molecule has 0 atom stereocenters. The minimum Gasteiger partial charge on any atom is -0.312 e. The normalized spacial score (nSPS) is 9.42. The van der Waals surface area contributed by atoms with Crippen LogP contribution in [-0.4, -0.2) is 17.5 Å². The number of carbonyl (C=O) groups is 2. The summed E-state index contributed by atoms with van der Waals surface area (Å²) in [5, 5.41) is 13.2. The fourth-order valence-corrected chi connectivity index (χ4v) is 1.52. The van der Waals surface area contributed by atoms with E-state index in [9.17, 15) is 9.59 Å². The number of hydrogen-bond donors (Lipinski definition) is 3. The van der Waals surface area contributed by atoms with E-state index < -0.39 is 0 Å². The van der Waals surface area contributed by atoms with Gasteiger partial charge < -0.3 is 10.6 Å². The van der Waals surface area contributed by atoms with Crippen molar-refractivity contribution in [2.24, 2.45) is 0 Å². The van der Waals surface area contributed by atoms with Crippen molar-refractivity contribution in [3.8, 4) is 0 Å². The van der Waals surface area contributed by atoms with Gasteiger partial charge in [-0.1, -0.05) is 30.3 Å². The Morgan fingerprint density at radius 1 is 0.947 bits per heavy atom. The maximum Gasteiger partial charge on any atom is 0.222 e. The van der Waals surface area contributed by atoms with E-state index in [1.54, 1.807) is 19.1 Å². The Labute approximate surface area is 112 Å². The van der Waals surface area contributed by atoms with Crippen LogP contribution in [0.2, 0.25) is 0 Å². The van der Waals surface area contributed by atoms with E-state index >= 15 is 0 Å². The molecule has 3 N–H and O–H groups in total. The first kappa shape index (κ1) is 14.6. The number of hydrogen-bond acceptors (Lipinski definition) is 3. The molecule has 1 aromatic carbocycles. The van der Waals surface area contributed by atoms with E-state index in [-0.39, 0.29) is 23.3 Å². The summed E-state index contributed by atoms with van der Waals surface area (Å²) in [5.41, 5.74) is 1.46. The van der Waals surface area contributed by atoms with Crippen molar-refractivity contribution in [2.75, 3.05) is 0 Å². The van der Waals surface area contributed by atoms with Crippen molar-refractivity contribution in [3.05, 3.63) is 47.3 Å². The SMILES string of the molecule is CC(=O)NC(NC(C)=O)=C(C)C(=N)c1ccccc1. The standard InChI is InChI=1S/C14H17N3O2/c1-9(13(15)12-7-5-4-6-8-12)14(16-10(2)18)17-11(3)19/h4-8,15H,1-3H3,(H,16,18)(H,17,19). The Kier molecular flexibility index (Phi) is 5.00. The van der Waals surface area contributed by atoms with Crippen LogP contribution >= 0.6 is 0 Å². The largest absolute Gasteiger partial charge is 0.312 e. The van der Waals surface area contributed by atoms with E-state index in [0.29, 0.717) is 11.1 Å². The number of rotatable bonds is 4. The molecule has 0 aliphatic heterocycles. The van der Waals surface area contributed by atoms with E-state index in [0.717, 1.165) is 0 Å². The second-order valence-electron chi connectivity index (χ2n) is 4.10. The van der Waals surface area contributed by atoms with E-state index in [4.69, 9.17) is 5.41 Å². The second kappa shape index (κ2) is 6.49. The summed E-state index contributed by atoms with van der Waals surface area (Å²) in [6.07, 6.45) is 0. The van der Waals surface area contributed by atoms with Crippen LogP contribution in [0.4, 0.5) is 0 Å². The smallest absolute Gasteiger partial charge is 0.222 e. The zero-order valence-corrected chi connectivity index (χ0v) is 11.2. The first-order valence-corrected chi connectivity index (χ1v) is 5.82. The molecule has 0 fully saturated rings. The molecular weight excluding hydrogens is 242 g/mol. The van der Waals surface area contributed by atoms with Crippen molar-refractivity contribution in [2.45, 2.75) is 20.8 Å². The number of carbonyl (C=O) groups excluding carboxylic acids is 2. The zero-order chi connectivity index (χ0) is 14.4. The van der Waals surface area contributed by atoms with Gasteiger partial charge >= 0.3 is 0 Å². The first-order chi connectivity index (χ1) is 8.91. The minimum absolute atomic E-state index is 0.244. The first-order valence-electron chi connectivity index (χ1n) is 5.82. The molecule has 5 nitrogen and oxygen atoms in total. The topological polar surface area (TPSA) is 82.1 Å². The number of benzene rings is 1. The van der Waals surface area contributed by atoms with Crippen LogP contribution in [-0.2, 0) is 9.59 Å². The third-order valence-electron chi connectivity index (χ3n) is 2.41. The van der Waals surface area contributed by atoms with Crippen LogP contribution in [0, 0.1) is 5.41 Å². The average molecular weight is 259 g/mol. The van der Waals surface area contributed by atoms with Crippen LogP contribution in [0.25, 0.3) is 0 Å². The van der Waals surface area contributed by atoms with Crippen LogP contribution in [0.3, 0.4) is 0 Å². The molecule has 0 heterocycles. The molecule has 0 aliphatic rings. The number of allylic oxidation sites excluding steroid dienone is 1. The minimum atomic E-state index is -0.302. The fraction of sp³-hybridized carbons (Fsp3) is 0.214. The van der Waals surface area contributed by atoms with Gasteiger partial charge in [-0.25, -0.2) is 0 Å². The van der Waals surface area contributed by atoms with Gasteiger partial charge in [-0.15, -0.1) is 0 Å². The summed E-state index contributed by atoms with van der Waals surface area (Å²) in [5.74, 6) is -0.359. The molecule has 19 heavy (non-hydrogen) atoms. The summed E-state index contributed by atoms with van der Waals surface area (Å²) in [6.45, 7) is 4.37. The summed E-state index contributed by atoms with van der Waals surface area (Å²) >= 11 is 0. The Morgan fingerprint density at radius 2 is 1.42 bits per heavy atom. The van der Waals surface area contributed by atoms with Crippen LogP contribution in [0.1, 0.15) is 26.3 Å². The second-order valence-corrected chi connectivity index (χ2v) is 4.10. The predicted molar refractivity (Wildman–Crippen MR) is 73.6 cm³/mol.